The van der Waals surface area contributed by atoms with Crippen molar-refractivity contribution >= 4 is 17.7 Å². The van der Waals surface area contributed by atoms with E-state index in [4.69, 9.17) is 9.47 Å². The molecule has 24 heavy (non-hydrogen) atoms. The van der Waals surface area contributed by atoms with Crippen LogP contribution in [0.25, 0.3) is 0 Å². The molecule has 0 heterocycles. The van der Waals surface area contributed by atoms with Crippen LogP contribution in [0.15, 0.2) is 41.3 Å². The van der Waals surface area contributed by atoms with Gasteiger partial charge in [0.25, 0.3) is 0 Å². The van der Waals surface area contributed by atoms with Gasteiger partial charge in [0, 0.05) is 17.5 Å². The second-order valence-corrected chi connectivity index (χ2v) is 5.85. The second-order valence-electron chi connectivity index (χ2n) is 4.83. The Balaban J connectivity index is 1.87. The topological polar surface area (TPSA) is 47.6 Å². The van der Waals surface area contributed by atoms with Crippen molar-refractivity contribution in [3.63, 3.8) is 0 Å². The summed E-state index contributed by atoms with van der Waals surface area (Å²) in [6.45, 7) is 0.311. The number of thioether (sulfide) groups is 1. The summed E-state index contributed by atoms with van der Waals surface area (Å²) in [5.74, 6) is -0.349. The number of nitrogens with one attached hydrogen (secondary N) is 1. The summed E-state index contributed by atoms with van der Waals surface area (Å²) in [5.41, 5.74) is 0.846. The molecule has 0 aliphatic rings. The highest BCUT2D eigenvalue weighted by molar-refractivity contribution is 8.00. The van der Waals surface area contributed by atoms with E-state index in [-0.39, 0.29) is 16.6 Å². The van der Waals surface area contributed by atoms with Crippen LogP contribution in [0.5, 0.6) is 11.5 Å². The molecular weight excluding hydrogens is 336 g/mol. The summed E-state index contributed by atoms with van der Waals surface area (Å²) in [6, 6.07) is 8.61. The van der Waals surface area contributed by atoms with Gasteiger partial charge in [0.05, 0.1) is 20.0 Å². The molecule has 0 aliphatic heterocycles. The van der Waals surface area contributed by atoms with E-state index in [0.29, 0.717) is 18.0 Å². The molecule has 0 bridgehead atoms. The SMILES string of the molecule is COc1ccc(CNC(=O)CSc2ccc(F)cc2F)cc1OC. The Morgan fingerprint density at radius 3 is 2.50 bits per heavy atom. The Kier molecular flexibility index (Phi) is 6.43. The Morgan fingerprint density at radius 2 is 1.83 bits per heavy atom. The van der Waals surface area contributed by atoms with Gasteiger partial charge in [-0.25, -0.2) is 8.78 Å². The summed E-state index contributed by atoms with van der Waals surface area (Å²) < 4.78 is 36.7. The lowest BCUT2D eigenvalue weighted by Crippen LogP contribution is -2.24. The van der Waals surface area contributed by atoms with E-state index in [1.165, 1.54) is 13.2 Å². The molecule has 2 rings (SSSR count). The molecule has 1 amide bonds. The van der Waals surface area contributed by atoms with Gasteiger partial charge in [0.2, 0.25) is 5.91 Å². The predicted molar refractivity (Wildman–Crippen MR) is 88.5 cm³/mol. The zero-order valence-electron chi connectivity index (χ0n) is 13.3. The van der Waals surface area contributed by atoms with Crippen LogP contribution < -0.4 is 14.8 Å². The van der Waals surface area contributed by atoms with Crippen LogP contribution in [0.1, 0.15) is 5.56 Å². The zero-order chi connectivity index (χ0) is 17.5. The molecule has 2 aromatic carbocycles. The molecule has 128 valence electrons. The molecule has 0 atom stereocenters. The fourth-order valence-corrected chi connectivity index (χ4v) is 2.73. The zero-order valence-corrected chi connectivity index (χ0v) is 14.1. The third-order valence-electron chi connectivity index (χ3n) is 3.19. The number of methoxy groups -OCH3 is 2. The lowest BCUT2D eigenvalue weighted by atomic mass is 10.2. The fourth-order valence-electron chi connectivity index (χ4n) is 1.98. The number of benzene rings is 2. The van der Waals surface area contributed by atoms with E-state index < -0.39 is 11.6 Å². The highest BCUT2D eigenvalue weighted by atomic mass is 32.2. The van der Waals surface area contributed by atoms with E-state index >= 15 is 0 Å². The summed E-state index contributed by atoms with van der Waals surface area (Å²) in [7, 11) is 3.08. The van der Waals surface area contributed by atoms with Crippen LogP contribution in [0, 0.1) is 11.6 Å². The molecule has 2 aromatic rings. The van der Waals surface area contributed by atoms with Gasteiger partial charge >= 0.3 is 0 Å². The van der Waals surface area contributed by atoms with Gasteiger partial charge in [0.15, 0.2) is 11.5 Å². The minimum absolute atomic E-state index is 0.0375. The summed E-state index contributed by atoms with van der Waals surface area (Å²) in [4.78, 5) is 12.1. The first-order chi connectivity index (χ1) is 11.5. The summed E-state index contributed by atoms with van der Waals surface area (Å²) in [6.07, 6.45) is 0. The summed E-state index contributed by atoms with van der Waals surface area (Å²) in [5, 5.41) is 2.74. The molecule has 0 saturated carbocycles. The molecule has 0 aliphatic carbocycles. The Labute approximate surface area is 143 Å². The maximum atomic E-state index is 13.5. The first kappa shape index (κ1) is 18.1. The molecular formula is C17H17F2NO3S. The van der Waals surface area contributed by atoms with E-state index in [2.05, 4.69) is 5.32 Å². The molecule has 1 N–H and O–H groups in total. The third-order valence-corrected chi connectivity index (χ3v) is 4.24. The van der Waals surface area contributed by atoms with Crippen LogP contribution in [-0.4, -0.2) is 25.9 Å². The highest BCUT2D eigenvalue weighted by Gasteiger charge is 2.09. The van der Waals surface area contributed by atoms with Crippen LogP contribution >= 0.6 is 11.8 Å². The lowest BCUT2D eigenvalue weighted by molar-refractivity contribution is -0.118. The standard InChI is InChI=1S/C17H17F2NO3S/c1-22-14-5-3-11(7-15(14)23-2)9-20-17(21)10-24-16-6-4-12(18)8-13(16)19/h3-8H,9-10H2,1-2H3,(H,20,21). The Morgan fingerprint density at radius 1 is 1.08 bits per heavy atom. The second kappa shape index (κ2) is 8.54. The first-order valence-electron chi connectivity index (χ1n) is 7.09. The number of ether oxygens (including phenoxy) is 2. The Bertz CT molecular complexity index is 725. The molecule has 0 fully saturated rings. The van der Waals surface area contributed by atoms with Crippen molar-refractivity contribution in [1.29, 1.82) is 0 Å². The number of amides is 1. The van der Waals surface area contributed by atoms with Gasteiger partial charge < -0.3 is 14.8 Å². The van der Waals surface area contributed by atoms with E-state index in [1.54, 1.807) is 19.2 Å². The van der Waals surface area contributed by atoms with Crippen molar-refractivity contribution in [2.45, 2.75) is 11.4 Å². The first-order valence-corrected chi connectivity index (χ1v) is 8.07. The molecule has 7 heteroatoms. The molecule has 0 unspecified atom stereocenters. The van der Waals surface area contributed by atoms with Gasteiger partial charge in [-0.3, -0.25) is 4.79 Å². The minimum atomic E-state index is -0.673. The lowest BCUT2D eigenvalue weighted by Gasteiger charge is -2.10. The van der Waals surface area contributed by atoms with E-state index in [1.807, 2.05) is 6.07 Å². The predicted octanol–water partition coefficient (Wildman–Crippen LogP) is 3.39. The van der Waals surface area contributed by atoms with Gasteiger partial charge in [-0.1, -0.05) is 6.07 Å². The van der Waals surface area contributed by atoms with Crippen molar-refractivity contribution in [2.24, 2.45) is 0 Å². The monoisotopic (exact) mass is 353 g/mol. The van der Waals surface area contributed by atoms with Crippen LogP contribution in [0.2, 0.25) is 0 Å². The number of carbonyl (C=O) groups is 1. The number of rotatable bonds is 7. The van der Waals surface area contributed by atoms with Crippen molar-refractivity contribution in [1.82, 2.24) is 5.32 Å². The van der Waals surface area contributed by atoms with E-state index in [0.717, 1.165) is 29.5 Å². The van der Waals surface area contributed by atoms with Gasteiger partial charge in [-0.2, -0.15) is 0 Å². The normalized spacial score (nSPS) is 10.3. The van der Waals surface area contributed by atoms with Crippen LogP contribution in [-0.2, 0) is 11.3 Å². The quantitative estimate of drug-likeness (QED) is 0.775. The number of carbonyl (C=O) groups excluding carboxylic acids is 1. The van der Waals surface area contributed by atoms with Gasteiger partial charge in [0.1, 0.15) is 11.6 Å². The van der Waals surface area contributed by atoms with Crippen LogP contribution in [0.3, 0.4) is 0 Å². The third kappa shape index (κ3) is 4.86. The summed E-state index contributed by atoms with van der Waals surface area (Å²) >= 11 is 1.01. The minimum Gasteiger partial charge on any atom is -0.493 e. The number of hydrogen-bond acceptors (Lipinski definition) is 4. The van der Waals surface area contributed by atoms with Crippen molar-refractivity contribution < 1.29 is 23.0 Å². The van der Waals surface area contributed by atoms with Gasteiger partial charge in [-0.15, -0.1) is 11.8 Å². The molecule has 0 saturated heterocycles. The van der Waals surface area contributed by atoms with Crippen LogP contribution in [0.4, 0.5) is 8.78 Å². The highest BCUT2D eigenvalue weighted by Crippen LogP contribution is 2.27. The molecule has 0 aromatic heterocycles. The van der Waals surface area contributed by atoms with Crippen molar-refractivity contribution in [3.05, 3.63) is 53.6 Å². The molecule has 0 spiro atoms. The van der Waals surface area contributed by atoms with Crippen molar-refractivity contribution in [3.8, 4) is 11.5 Å². The molecule has 4 nitrogen and oxygen atoms in total. The largest absolute Gasteiger partial charge is 0.493 e. The molecule has 0 radical (unpaired) electrons. The maximum Gasteiger partial charge on any atom is 0.230 e. The van der Waals surface area contributed by atoms with E-state index in [9.17, 15) is 13.6 Å². The average Bonchev–Trinajstić information content (AvgIpc) is 2.58. The Hall–Kier alpha value is -2.28. The fraction of sp³-hybridized carbons (Fsp3) is 0.235. The average molecular weight is 353 g/mol. The number of hydrogen-bond donors (Lipinski definition) is 1. The number of halogens is 2. The smallest absolute Gasteiger partial charge is 0.230 e. The van der Waals surface area contributed by atoms with Crippen molar-refractivity contribution in [2.75, 3.05) is 20.0 Å². The maximum absolute atomic E-state index is 13.5. The van der Waals surface area contributed by atoms with Gasteiger partial charge in [-0.05, 0) is 29.8 Å².